The van der Waals surface area contributed by atoms with E-state index in [2.05, 4.69) is 5.32 Å². The Bertz CT molecular complexity index is 877. The van der Waals surface area contributed by atoms with Crippen molar-refractivity contribution in [2.75, 3.05) is 32.3 Å². The number of amides is 1. The van der Waals surface area contributed by atoms with Crippen molar-refractivity contribution in [2.45, 2.75) is 12.0 Å². The Balaban J connectivity index is 0.00000312. The van der Waals surface area contributed by atoms with Crippen molar-refractivity contribution in [1.29, 1.82) is 0 Å². The van der Waals surface area contributed by atoms with Gasteiger partial charge < -0.3 is 20.2 Å². The summed E-state index contributed by atoms with van der Waals surface area (Å²) in [5.41, 5.74) is 6.75. The van der Waals surface area contributed by atoms with Crippen LogP contribution in [0.15, 0.2) is 33.8 Å². The highest BCUT2D eigenvalue weighted by Gasteiger charge is 2.25. The molecule has 10 heteroatoms. The first kappa shape index (κ1) is 20.8. The van der Waals surface area contributed by atoms with Gasteiger partial charge in [0.2, 0.25) is 5.09 Å². The summed E-state index contributed by atoms with van der Waals surface area (Å²) in [5, 5.41) is 2.35. The molecule has 0 radical (unpaired) electrons. The van der Waals surface area contributed by atoms with E-state index in [0.717, 1.165) is 4.31 Å². The minimum Gasteiger partial charge on any atom is -0.495 e. The average Bonchev–Trinajstić information content (AvgIpc) is 2.90. The second-order valence-corrected chi connectivity index (χ2v) is 7.32. The van der Waals surface area contributed by atoms with Crippen molar-refractivity contribution in [2.24, 2.45) is 0 Å². The predicted octanol–water partition coefficient (Wildman–Crippen LogP) is 2.10. The number of nitrogens with zero attached hydrogens (tertiary/aromatic N) is 1. The zero-order valence-electron chi connectivity index (χ0n) is 14.2. The number of hydrogen-bond acceptors (Lipinski definition) is 6. The number of aryl methyl sites for hydroxylation is 1. The highest BCUT2D eigenvalue weighted by molar-refractivity contribution is 7.88. The average molecular weight is 390 g/mol. The summed E-state index contributed by atoms with van der Waals surface area (Å²) in [6, 6.07) is 5.99. The number of ether oxygens (including phenoxy) is 1. The van der Waals surface area contributed by atoms with E-state index in [4.69, 9.17) is 14.9 Å². The molecule has 0 aliphatic heterocycles. The number of rotatable bonds is 5. The van der Waals surface area contributed by atoms with Crippen LogP contribution in [0.3, 0.4) is 0 Å². The molecule has 0 unspecified atom stereocenters. The normalized spacial score (nSPS) is 11.1. The minimum atomic E-state index is -3.75. The molecule has 1 aromatic heterocycles. The molecule has 0 bridgehead atoms. The summed E-state index contributed by atoms with van der Waals surface area (Å²) in [7, 11) is 0.505. The zero-order chi connectivity index (χ0) is 18.1. The second kappa shape index (κ2) is 7.77. The van der Waals surface area contributed by atoms with Crippen LogP contribution in [0.1, 0.15) is 16.1 Å². The fourth-order valence-corrected chi connectivity index (χ4v) is 2.85. The molecule has 1 amide bonds. The lowest BCUT2D eigenvalue weighted by Gasteiger charge is -2.08. The summed E-state index contributed by atoms with van der Waals surface area (Å²) in [4.78, 5) is 12.4. The highest BCUT2D eigenvalue weighted by atomic mass is 35.5. The molecule has 0 aliphatic rings. The van der Waals surface area contributed by atoms with Gasteiger partial charge in [-0.2, -0.15) is 0 Å². The van der Waals surface area contributed by atoms with Crippen LogP contribution in [-0.4, -0.2) is 39.8 Å². The first-order valence-electron chi connectivity index (χ1n) is 6.94. The van der Waals surface area contributed by atoms with Crippen LogP contribution in [0.4, 0.5) is 11.4 Å². The maximum Gasteiger partial charge on any atom is 0.275 e. The van der Waals surface area contributed by atoms with E-state index in [0.29, 0.717) is 17.1 Å². The van der Waals surface area contributed by atoms with Gasteiger partial charge >= 0.3 is 0 Å². The summed E-state index contributed by atoms with van der Waals surface area (Å²) in [5.74, 6) is 0.197. The third kappa shape index (κ3) is 4.25. The van der Waals surface area contributed by atoms with Crippen LogP contribution < -0.4 is 15.8 Å². The molecule has 1 aromatic carbocycles. The molecular weight excluding hydrogens is 370 g/mol. The van der Waals surface area contributed by atoms with Gasteiger partial charge in [0, 0.05) is 25.8 Å². The molecule has 138 valence electrons. The summed E-state index contributed by atoms with van der Waals surface area (Å²) in [6.45, 7) is 1.52. The van der Waals surface area contributed by atoms with Crippen LogP contribution in [0.5, 0.6) is 5.75 Å². The molecule has 0 saturated heterocycles. The molecule has 3 N–H and O–H groups in total. The number of methoxy groups -OCH3 is 1. The summed E-state index contributed by atoms with van der Waals surface area (Å²) < 4.78 is 35.4. The fourth-order valence-electron chi connectivity index (χ4n) is 2.00. The molecule has 2 aromatic rings. The Hall–Kier alpha value is -2.23. The van der Waals surface area contributed by atoms with E-state index < -0.39 is 15.9 Å². The van der Waals surface area contributed by atoms with E-state index in [1.807, 2.05) is 0 Å². The summed E-state index contributed by atoms with van der Waals surface area (Å²) >= 11 is 0. The summed E-state index contributed by atoms with van der Waals surface area (Å²) in [6.07, 6.45) is 0. The number of hydrogen-bond donors (Lipinski definition) is 2. The third-order valence-electron chi connectivity index (χ3n) is 3.36. The van der Waals surface area contributed by atoms with Crippen LogP contribution in [0.25, 0.3) is 0 Å². The molecule has 0 aliphatic carbocycles. The Morgan fingerprint density at radius 1 is 1.28 bits per heavy atom. The van der Waals surface area contributed by atoms with E-state index in [-0.39, 0.29) is 28.8 Å². The number of carbonyl (C=O) groups excluding carboxylic acids is 1. The number of carbonyl (C=O) groups is 1. The number of anilines is 2. The SMILES string of the molecule is COc1ccc(NC(=O)c2cc(S(=O)(=O)N(C)C)oc2C)cc1N.Cl. The van der Waals surface area contributed by atoms with E-state index >= 15 is 0 Å². The Labute approximate surface area is 152 Å². The predicted molar refractivity (Wildman–Crippen MR) is 96.9 cm³/mol. The number of sulfonamides is 1. The molecular formula is C15H20ClN3O5S. The van der Waals surface area contributed by atoms with E-state index in [9.17, 15) is 13.2 Å². The van der Waals surface area contributed by atoms with Gasteiger partial charge in [0.25, 0.3) is 15.9 Å². The number of nitrogen functional groups attached to an aromatic ring is 1. The molecule has 0 spiro atoms. The van der Waals surface area contributed by atoms with Gasteiger partial charge in [0.1, 0.15) is 11.5 Å². The molecule has 2 rings (SSSR count). The maximum absolute atomic E-state index is 12.4. The van der Waals surface area contributed by atoms with Crippen LogP contribution >= 0.6 is 12.4 Å². The van der Waals surface area contributed by atoms with Gasteiger partial charge in [0.15, 0.2) is 0 Å². The van der Waals surface area contributed by atoms with E-state index in [1.165, 1.54) is 34.2 Å². The highest BCUT2D eigenvalue weighted by Crippen LogP contribution is 2.26. The number of halogens is 1. The van der Waals surface area contributed by atoms with Crippen molar-refractivity contribution in [3.63, 3.8) is 0 Å². The quantitative estimate of drug-likeness (QED) is 0.756. The van der Waals surface area contributed by atoms with Crippen molar-refractivity contribution in [1.82, 2.24) is 4.31 Å². The van der Waals surface area contributed by atoms with E-state index in [1.54, 1.807) is 18.2 Å². The number of nitrogens with one attached hydrogen (secondary N) is 1. The largest absolute Gasteiger partial charge is 0.495 e. The van der Waals surface area contributed by atoms with Gasteiger partial charge in [-0.25, -0.2) is 12.7 Å². The van der Waals surface area contributed by atoms with Crippen molar-refractivity contribution >= 4 is 39.7 Å². The van der Waals surface area contributed by atoms with Gasteiger partial charge in [-0.05, 0) is 25.1 Å². The molecule has 0 saturated carbocycles. The molecule has 1 heterocycles. The van der Waals surface area contributed by atoms with Crippen molar-refractivity contribution in [3.8, 4) is 5.75 Å². The smallest absolute Gasteiger partial charge is 0.275 e. The Morgan fingerprint density at radius 3 is 2.44 bits per heavy atom. The van der Waals surface area contributed by atoms with Crippen LogP contribution in [0, 0.1) is 6.92 Å². The molecule has 8 nitrogen and oxygen atoms in total. The molecule has 25 heavy (non-hydrogen) atoms. The Kier molecular flexibility index (Phi) is 6.47. The van der Waals surface area contributed by atoms with Crippen molar-refractivity contribution in [3.05, 3.63) is 35.6 Å². The zero-order valence-corrected chi connectivity index (χ0v) is 15.8. The van der Waals surface area contributed by atoms with Crippen LogP contribution in [0.2, 0.25) is 0 Å². The third-order valence-corrected chi connectivity index (χ3v) is 5.03. The maximum atomic E-state index is 12.4. The van der Waals surface area contributed by atoms with Gasteiger partial charge in [-0.15, -0.1) is 12.4 Å². The standard InChI is InChI=1S/C15H19N3O5S.ClH/c1-9-11(8-14(23-9)24(20,21)18(2)3)15(19)17-10-5-6-13(22-4)12(16)7-10;/h5-8H,16H2,1-4H3,(H,17,19);1H. The van der Waals surface area contributed by atoms with Gasteiger partial charge in [-0.3, -0.25) is 4.79 Å². The first-order valence-corrected chi connectivity index (χ1v) is 8.38. The topological polar surface area (TPSA) is 115 Å². The minimum absolute atomic E-state index is 0. The second-order valence-electron chi connectivity index (χ2n) is 5.23. The monoisotopic (exact) mass is 389 g/mol. The van der Waals surface area contributed by atoms with Gasteiger partial charge in [0.05, 0.1) is 18.4 Å². The number of benzene rings is 1. The Morgan fingerprint density at radius 2 is 1.92 bits per heavy atom. The lowest BCUT2D eigenvalue weighted by Crippen LogP contribution is -2.21. The van der Waals surface area contributed by atoms with Gasteiger partial charge in [-0.1, -0.05) is 0 Å². The number of furan rings is 1. The van der Waals surface area contributed by atoms with Crippen LogP contribution in [-0.2, 0) is 10.0 Å². The lowest BCUT2D eigenvalue weighted by molar-refractivity contribution is 0.102. The molecule has 0 fully saturated rings. The number of nitrogens with two attached hydrogens (primary N) is 1. The fraction of sp³-hybridized carbons (Fsp3) is 0.267. The molecule has 0 atom stereocenters. The lowest BCUT2D eigenvalue weighted by atomic mass is 10.2. The van der Waals surface area contributed by atoms with Crippen molar-refractivity contribution < 1.29 is 22.4 Å². The first-order chi connectivity index (χ1) is 11.2.